The van der Waals surface area contributed by atoms with Crippen LogP contribution in [0.4, 0.5) is 0 Å². The van der Waals surface area contributed by atoms with Crippen LogP contribution in [0.2, 0.25) is 0 Å². The highest BCUT2D eigenvalue weighted by atomic mass is 16.5. The first-order valence-corrected chi connectivity index (χ1v) is 6.36. The molecule has 0 radical (unpaired) electrons. The summed E-state index contributed by atoms with van der Waals surface area (Å²) in [6.07, 6.45) is 0.750. The van der Waals surface area contributed by atoms with Crippen molar-refractivity contribution in [2.75, 3.05) is 0 Å². The van der Waals surface area contributed by atoms with E-state index in [-0.39, 0.29) is 11.8 Å². The second-order valence-electron chi connectivity index (χ2n) is 4.65. The molecule has 0 aliphatic carbocycles. The van der Waals surface area contributed by atoms with Gasteiger partial charge in [-0.3, -0.25) is 5.10 Å². The van der Waals surface area contributed by atoms with E-state index in [9.17, 15) is 5.26 Å². The molecule has 3 heterocycles. The van der Waals surface area contributed by atoms with Crippen LogP contribution in [0.25, 0.3) is 0 Å². The summed E-state index contributed by atoms with van der Waals surface area (Å²) >= 11 is 0. The minimum absolute atomic E-state index is 0.0770. The predicted molar refractivity (Wildman–Crippen MR) is 70.7 cm³/mol. The van der Waals surface area contributed by atoms with Gasteiger partial charge in [-0.05, 0) is 25.5 Å². The maximum atomic E-state index is 9.39. The summed E-state index contributed by atoms with van der Waals surface area (Å²) < 4.78 is 11.1. The lowest BCUT2D eigenvalue weighted by Crippen LogP contribution is -2.21. The minimum Gasteiger partial charge on any atom is -0.465 e. The second-order valence-corrected chi connectivity index (χ2v) is 4.65. The summed E-state index contributed by atoms with van der Waals surface area (Å²) in [5, 5.41) is 16.4. The second kappa shape index (κ2) is 4.46. The van der Waals surface area contributed by atoms with Gasteiger partial charge in [-0.25, -0.2) is 0 Å². The minimum atomic E-state index is -0.369. The topological polar surface area (TPSA) is 101 Å². The Bertz CT molecular complexity index is 733. The van der Waals surface area contributed by atoms with Crippen molar-refractivity contribution < 1.29 is 9.15 Å². The van der Waals surface area contributed by atoms with Gasteiger partial charge in [-0.15, -0.1) is 5.10 Å². The van der Waals surface area contributed by atoms with E-state index < -0.39 is 0 Å². The quantitative estimate of drug-likeness (QED) is 0.870. The van der Waals surface area contributed by atoms with E-state index in [1.807, 2.05) is 26.0 Å². The van der Waals surface area contributed by atoms with Crippen LogP contribution in [0.1, 0.15) is 35.6 Å². The van der Waals surface area contributed by atoms with Gasteiger partial charge < -0.3 is 14.9 Å². The zero-order chi connectivity index (χ0) is 14.3. The number of hydrogen-bond donors (Lipinski definition) is 2. The number of ether oxygens (including phenoxy) is 1. The van der Waals surface area contributed by atoms with Crippen LogP contribution in [0.3, 0.4) is 0 Å². The zero-order valence-electron chi connectivity index (χ0n) is 11.2. The van der Waals surface area contributed by atoms with Crippen molar-refractivity contribution in [3.8, 4) is 11.9 Å². The molecule has 20 heavy (non-hydrogen) atoms. The number of nitrogens with two attached hydrogens (primary N) is 1. The molecule has 0 saturated carbocycles. The lowest BCUT2D eigenvalue weighted by Gasteiger charge is -2.21. The highest BCUT2D eigenvalue weighted by Crippen LogP contribution is 2.43. The summed E-state index contributed by atoms with van der Waals surface area (Å²) in [6.45, 7) is 3.87. The van der Waals surface area contributed by atoms with Crippen molar-refractivity contribution in [1.29, 1.82) is 5.26 Å². The third kappa shape index (κ3) is 1.67. The smallest absolute Gasteiger partial charge is 0.244 e. The van der Waals surface area contributed by atoms with E-state index in [1.54, 1.807) is 0 Å². The molecule has 0 fully saturated rings. The number of furan rings is 1. The van der Waals surface area contributed by atoms with Gasteiger partial charge in [0, 0.05) is 5.69 Å². The van der Waals surface area contributed by atoms with Crippen molar-refractivity contribution in [3.63, 3.8) is 0 Å². The summed E-state index contributed by atoms with van der Waals surface area (Å²) in [6, 6.07) is 5.84. The fourth-order valence-electron chi connectivity index (χ4n) is 2.47. The Morgan fingerprint density at radius 3 is 2.90 bits per heavy atom. The average Bonchev–Trinajstić information content (AvgIpc) is 3.03. The monoisotopic (exact) mass is 270 g/mol. The number of H-pyrrole nitrogens is 1. The van der Waals surface area contributed by atoms with E-state index in [0.717, 1.165) is 23.4 Å². The molecule has 0 unspecified atom stereocenters. The molecule has 6 nitrogen and oxygen atoms in total. The van der Waals surface area contributed by atoms with E-state index in [4.69, 9.17) is 14.9 Å². The van der Waals surface area contributed by atoms with Crippen LogP contribution in [0.15, 0.2) is 28.0 Å². The van der Waals surface area contributed by atoms with Crippen LogP contribution in [0.5, 0.6) is 5.88 Å². The van der Waals surface area contributed by atoms with E-state index in [2.05, 4.69) is 16.3 Å². The third-order valence-electron chi connectivity index (χ3n) is 3.42. The van der Waals surface area contributed by atoms with E-state index in [1.165, 1.54) is 0 Å². The standard InChI is InChI=1S/C14H14N4O2/c1-3-9-12-11(10-5-4-7(2)19-10)8(6-15)13(16)20-14(12)18-17-9/h4-5,11H,3,16H2,1-2H3,(H,17,18)/t11-/m1/s1. The molecule has 3 N–H and O–H groups in total. The Hall–Kier alpha value is -2.68. The molecule has 1 aliphatic heterocycles. The van der Waals surface area contributed by atoms with E-state index >= 15 is 0 Å². The Morgan fingerprint density at radius 1 is 1.50 bits per heavy atom. The third-order valence-corrected chi connectivity index (χ3v) is 3.42. The van der Waals surface area contributed by atoms with Gasteiger partial charge in [-0.2, -0.15) is 5.26 Å². The van der Waals surface area contributed by atoms with Crippen LogP contribution < -0.4 is 10.5 Å². The van der Waals surface area contributed by atoms with Crippen molar-refractivity contribution >= 4 is 0 Å². The maximum absolute atomic E-state index is 9.39. The van der Waals surface area contributed by atoms with Crippen molar-refractivity contribution in [2.45, 2.75) is 26.2 Å². The SMILES string of the molecule is CCc1[nH]nc2c1[C@@H](c1ccc(C)o1)C(C#N)=C(N)O2. The van der Waals surface area contributed by atoms with Gasteiger partial charge in [0.2, 0.25) is 11.8 Å². The Balaban J connectivity index is 2.23. The molecular formula is C14H14N4O2. The fourth-order valence-corrected chi connectivity index (χ4v) is 2.47. The molecule has 0 spiro atoms. The summed E-state index contributed by atoms with van der Waals surface area (Å²) in [5.74, 6) is 1.57. The molecule has 0 amide bonds. The molecule has 1 aliphatic rings. The molecule has 0 aromatic carbocycles. The number of aromatic nitrogens is 2. The van der Waals surface area contributed by atoms with Crippen molar-refractivity contribution in [2.24, 2.45) is 5.73 Å². The van der Waals surface area contributed by atoms with Crippen LogP contribution >= 0.6 is 0 Å². The summed E-state index contributed by atoms with van der Waals surface area (Å²) in [7, 11) is 0. The molecule has 1 atom stereocenters. The van der Waals surface area contributed by atoms with Gasteiger partial charge in [0.15, 0.2) is 0 Å². The number of nitrogens with zero attached hydrogens (tertiary/aromatic N) is 2. The number of nitrogens with one attached hydrogen (secondary N) is 1. The lowest BCUT2D eigenvalue weighted by molar-refractivity contribution is 0.369. The van der Waals surface area contributed by atoms with Crippen LogP contribution in [-0.2, 0) is 6.42 Å². The summed E-state index contributed by atoms with van der Waals surface area (Å²) in [5.41, 5.74) is 7.92. The largest absolute Gasteiger partial charge is 0.465 e. The number of fused-ring (bicyclic) bond motifs is 1. The lowest BCUT2D eigenvalue weighted by atomic mass is 9.87. The first-order chi connectivity index (χ1) is 9.65. The van der Waals surface area contributed by atoms with Gasteiger partial charge in [-0.1, -0.05) is 6.92 Å². The number of allylic oxidation sites excluding steroid dienone is 1. The molecule has 102 valence electrons. The molecule has 3 rings (SSSR count). The van der Waals surface area contributed by atoms with Crippen molar-refractivity contribution in [3.05, 3.63) is 46.4 Å². The van der Waals surface area contributed by atoms with Gasteiger partial charge in [0.05, 0.1) is 11.5 Å². The normalized spacial score (nSPS) is 17.6. The van der Waals surface area contributed by atoms with E-state index in [0.29, 0.717) is 17.2 Å². The highest BCUT2D eigenvalue weighted by molar-refractivity contribution is 5.53. The maximum Gasteiger partial charge on any atom is 0.244 e. The highest BCUT2D eigenvalue weighted by Gasteiger charge is 2.36. The van der Waals surface area contributed by atoms with Gasteiger partial charge >= 0.3 is 0 Å². The molecule has 2 aromatic heterocycles. The van der Waals surface area contributed by atoms with Crippen LogP contribution in [-0.4, -0.2) is 10.2 Å². The molecule has 6 heteroatoms. The number of hydrogen-bond acceptors (Lipinski definition) is 5. The first kappa shape index (κ1) is 12.4. The zero-order valence-corrected chi connectivity index (χ0v) is 11.2. The Morgan fingerprint density at radius 2 is 2.30 bits per heavy atom. The van der Waals surface area contributed by atoms with Gasteiger partial charge in [0.1, 0.15) is 23.2 Å². The first-order valence-electron chi connectivity index (χ1n) is 6.36. The molecule has 2 aromatic rings. The number of nitriles is 1. The summed E-state index contributed by atoms with van der Waals surface area (Å²) in [4.78, 5) is 0. The number of aromatic amines is 1. The average molecular weight is 270 g/mol. The number of aryl methyl sites for hydroxylation is 2. The fraction of sp³-hybridized carbons (Fsp3) is 0.286. The molecule has 0 saturated heterocycles. The van der Waals surface area contributed by atoms with Crippen molar-refractivity contribution in [1.82, 2.24) is 10.2 Å². The van der Waals surface area contributed by atoms with Crippen LogP contribution in [0, 0.1) is 18.3 Å². The Kier molecular flexibility index (Phi) is 2.75. The molecular weight excluding hydrogens is 256 g/mol. The number of rotatable bonds is 2. The molecule has 0 bridgehead atoms. The Labute approximate surface area is 115 Å². The predicted octanol–water partition coefficient (Wildman–Crippen LogP) is 2.09. The van der Waals surface area contributed by atoms with Gasteiger partial charge in [0.25, 0.3) is 0 Å².